The summed E-state index contributed by atoms with van der Waals surface area (Å²) in [7, 11) is 0. The molecule has 0 amide bonds. The summed E-state index contributed by atoms with van der Waals surface area (Å²) in [6.07, 6.45) is 3.38. The summed E-state index contributed by atoms with van der Waals surface area (Å²) < 4.78 is 11.2. The molecule has 0 fully saturated rings. The van der Waals surface area contributed by atoms with E-state index >= 15 is 0 Å². The van der Waals surface area contributed by atoms with Gasteiger partial charge in [-0.1, -0.05) is 24.3 Å². The van der Waals surface area contributed by atoms with Crippen molar-refractivity contribution in [3.63, 3.8) is 0 Å². The molecule has 120 valence electrons. The average molecular weight is 318 g/mol. The molecule has 0 aliphatic heterocycles. The number of anilines is 2. The van der Waals surface area contributed by atoms with Crippen molar-refractivity contribution in [3.05, 3.63) is 83.2 Å². The maximum absolute atomic E-state index is 5.64. The Balaban J connectivity index is 1.68. The average Bonchev–Trinajstić information content (AvgIpc) is 2.62. The Kier molecular flexibility index (Phi) is 4.68. The highest BCUT2D eigenvalue weighted by molar-refractivity contribution is 5.43. The molecule has 0 aliphatic carbocycles. The predicted octanol–water partition coefficient (Wildman–Crippen LogP) is 2.49. The monoisotopic (exact) mass is 318 g/mol. The molecule has 4 nitrogen and oxygen atoms in total. The zero-order chi connectivity index (χ0) is 16.8. The normalized spacial score (nSPS) is 10.0. The third kappa shape index (κ3) is 4.30. The molecule has 24 heavy (non-hydrogen) atoms. The first kappa shape index (κ1) is 15.5. The second-order valence-electron chi connectivity index (χ2n) is 5.28. The molecule has 4 N–H and O–H groups in total. The van der Waals surface area contributed by atoms with Gasteiger partial charge in [0.05, 0.1) is 12.5 Å². The van der Waals surface area contributed by atoms with Gasteiger partial charge < -0.3 is 20.9 Å². The Bertz CT molecular complexity index is 815. The number of rotatable bonds is 4. The summed E-state index contributed by atoms with van der Waals surface area (Å²) in [5, 5.41) is 1.91. The van der Waals surface area contributed by atoms with Crippen LogP contribution in [-0.2, 0) is 0 Å². The molecule has 0 aromatic heterocycles. The molecule has 0 heterocycles. The summed E-state index contributed by atoms with van der Waals surface area (Å²) in [5.41, 5.74) is 12.7. The number of ether oxygens (including phenoxy) is 2. The summed E-state index contributed by atoms with van der Waals surface area (Å²) >= 11 is 0. The summed E-state index contributed by atoms with van der Waals surface area (Å²) in [6.45, 7) is 0. The van der Waals surface area contributed by atoms with E-state index in [9.17, 15) is 0 Å². The molecule has 0 aliphatic rings. The van der Waals surface area contributed by atoms with Crippen LogP contribution >= 0.6 is 0 Å². The maximum Gasteiger partial charge on any atom is 0.126 e. The molecule has 3 rings (SSSR count). The smallest absolute Gasteiger partial charge is 0.126 e. The van der Waals surface area contributed by atoms with Gasteiger partial charge in [-0.3, -0.25) is 0 Å². The van der Waals surface area contributed by atoms with Crippen LogP contribution in [0.1, 0.15) is 0 Å². The fourth-order valence-corrected chi connectivity index (χ4v) is 2.02. The van der Waals surface area contributed by atoms with Crippen LogP contribution in [0.5, 0.6) is 11.5 Å². The molecule has 3 aromatic carbocycles. The highest BCUT2D eigenvalue weighted by Gasteiger charge is 1.91. The number of hydrogen-bond donors (Lipinski definition) is 2. The van der Waals surface area contributed by atoms with Crippen molar-refractivity contribution >= 4 is 23.9 Å². The molecule has 0 unspecified atom stereocenters. The fourth-order valence-electron chi connectivity index (χ4n) is 2.02. The topological polar surface area (TPSA) is 70.5 Å². The lowest BCUT2D eigenvalue weighted by Crippen LogP contribution is -2.09. The third-order valence-corrected chi connectivity index (χ3v) is 3.36. The first-order chi connectivity index (χ1) is 11.7. The third-order valence-electron chi connectivity index (χ3n) is 3.36. The molecule has 3 aromatic rings. The van der Waals surface area contributed by atoms with Crippen LogP contribution < -0.4 is 31.4 Å². The van der Waals surface area contributed by atoms with Crippen LogP contribution in [0.3, 0.4) is 0 Å². The van der Waals surface area contributed by atoms with Crippen LogP contribution in [0.2, 0.25) is 0 Å². The molecule has 0 atom stereocenters. The molecule has 0 spiro atoms. The standard InChI is InChI=1S/C20H18N2O2/c21-17-5-9-19(10-6-17)23-13-15-1-2-16(4-3-15)14-24-20-11-7-18(22)8-12-20/h1-14H,21-22H2. The Morgan fingerprint density at radius 1 is 0.500 bits per heavy atom. The largest absolute Gasteiger partial charge is 0.464 e. The van der Waals surface area contributed by atoms with Gasteiger partial charge >= 0.3 is 0 Å². The van der Waals surface area contributed by atoms with E-state index in [4.69, 9.17) is 20.9 Å². The van der Waals surface area contributed by atoms with Gasteiger partial charge in [0.25, 0.3) is 0 Å². The lowest BCUT2D eigenvalue weighted by atomic mass is 10.3. The molecular weight excluding hydrogens is 300 g/mol. The second kappa shape index (κ2) is 7.24. The van der Waals surface area contributed by atoms with E-state index in [1.54, 1.807) is 36.8 Å². The second-order valence-corrected chi connectivity index (χ2v) is 5.28. The first-order valence-electron chi connectivity index (χ1n) is 7.50. The molecule has 0 saturated carbocycles. The first-order valence-corrected chi connectivity index (χ1v) is 7.50. The van der Waals surface area contributed by atoms with E-state index in [0.29, 0.717) is 11.4 Å². The van der Waals surface area contributed by atoms with Crippen LogP contribution in [0.25, 0.3) is 12.5 Å². The van der Waals surface area contributed by atoms with Crippen LogP contribution in [0, 0.1) is 0 Å². The quantitative estimate of drug-likeness (QED) is 0.725. The van der Waals surface area contributed by atoms with Gasteiger partial charge in [0.1, 0.15) is 11.5 Å². The Hall–Kier alpha value is -3.40. The zero-order valence-corrected chi connectivity index (χ0v) is 13.1. The summed E-state index contributed by atoms with van der Waals surface area (Å²) in [6, 6.07) is 22.3. The lowest BCUT2D eigenvalue weighted by Gasteiger charge is -2.00. The maximum atomic E-state index is 5.64. The van der Waals surface area contributed by atoms with Crippen molar-refractivity contribution < 1.29 is 9.47 Å². The Morgan fingerprint density at radius 3 is 1.17 bits per heavy atom. The van der Waals surface area contributed by atoms with E-state index in [1.807, 2.05) is 48.5 Å². The van der Waals surface area contributed by atoms with Crippen molar-refractivity contribution in [1.82, 2.24) is 0 Å². The van der Waals surface area contributed by atoms with Gasteiger partial charge in [0.15, 0.2) is 0 Å². The number of benzene rings is 3. The molecule has 0 bridgehead atoms. The minimum absolute atomic E-state index is 0.711. The van der Waals surface area contributed by atoms with Gasteiger partial charge in [0.2, 0.25) is 0 Å². The van der Waals surface area contributed by atoms with Gasteiger partial charge in [-0.15, -0.1) is 0 Å². The fraction of sp³-hybridized carbons (Fsp3) is 0. The van der Waals surface area contributed by atoms with E-state index in [2.05, 4.69) is 0 Å². The van der Waals surface area contributed by atoms with Gasteiger partial charge in [-0.25, -0.2) is 0 Å². The number of hydrogen-bond acceptors (Lipinski definition) is 4. The molecule has 0 saturated heterocycles. The highest BCUT2D eigenvalue weighted by Crippen LogP contribution is 2.13. The van der Waals surface area contributed by atoms with E-state index in [-0.39, 0.29) is 0 Å². The van der Waals surface area contributed by atoms with Gasteiger partial charge in [0, 0.05) is 21.8 Å². The van der Waals surface area contributed by atoms with Crippen molar-refractivity contribution in [2.75, 3.05) is 11.5 Å². The highest BCUT2D eigenvalue weighted by atomic mass is 16.5. The summed E-state index contributed by atoms with van der Waals surface area (Å²) in [4.78, 5) is 0. The molecule has 0 radical (unpaired) electrons. The SMILES string of the molecule is Nc1ccc(OC=c2ccc(=COc3ccc(N)cc3)cc2)cc1. The number of nitrogen functional groups attached to an aromatic ring is 2. The lowest BCUT2D eigenvalue weighted by molar-refractivity contribution is 0.538. The summed E-state index contributed by atoms with van der Waals surface area (Å²) in [5.74, 6) is 1.48. The van der Waals surface area contributed by atoms with Gasteiger partial charge in [-0.05, 0) is 48.5 Å². The van der Waals surface area contributed by atoms with Crippen LogP contribution in [0.15, 0.2) is 72.8 Å². The zero-order valence-electron chi connectivity index (χ0n) is 13.1. The molecule has 4 heteroatoms. The van der Waals surface area contributed by atoms with E-state index in [1.165, 1.54) is 0 Å². The predicted molar refractivity (Wildman–Crippen MR) is 97.6 cm³/mol. The minimum atomic E-state index is 0.711. The van der Waals surface area contributed by atoms with Crippen LogP contribution in [-0.4, -0.2) is 0 Å². The number of nitrogens with two attached hydrogens (primary N) is 2. The van der Waals surface area contributed by atoms with Crippen molar-refractivity contribution in [2.24, 2.45) is 0 Å². The Labute approximate surface area is 140 Å². The van der Waals surface area contributed by atoms with E-state index in [0.717, 1.165) is 21.9 Å². The van der Waals surface area contributed by atoms with Crippen LogP contribution in [0.4, 0.5) is 11.4 Å². The Morgan fingerprint density at radius 2 is 0.833 bits per heavy atom. The van der Waals surface area contributed by atoms with Gasteiger partial charge in [-0.2, -0.15) is 0 Å². The van der Waals surface area contributed by atoms with Crippen molar-refractivity contribution in [2.45, 2.75) is 0 Å². The minimum Gasteiger partial charge on any atom is -0.464 e. The molecular formula is C20H18N2O2. The van der Waals surface area contributed by atoms with Crippen molar-refractivity contribution in [1.29, 1.82) is 0 Å². The van der Waals surface area contributed by atoms with E-state index < -0.39 is 0 Å². The van der Waals surface area contributed by atoms with Crippen molar-refractivity contribution in [3.8, 4) is 11.5 Å².